The van der Waals surface area contributed by atoms with Crippen LogP contribution in [-0.4, -0.2) is 23.6 Å². The molecule has 4 bridgehead atoms. The van der Waals surface area contributed by atoms with Crippen LogP contribution in [0.1, 0.15) is 38.5 Å². The molecule has 0 spiro atoms. The first-order valence-electron chi connectivity index (χ1n) is 9.10. The van der Waals surface area contributed by atoms with Crippen molar-refractivity contribution in [2.45, 2.75) is 44.6 Å². The molecule has 4 nitrogen and oxygen atoms in total. The van der Waals surface area contributed by atoms with E-state index in [1.165, 1.54) is 0 Å². The van der Waals surface area contributed by atoms with Crippen LogP contribution < -0.4 is 0 Å². The van der Waals surface area contributed by atoms with Gasteiger partial charge in [-0.25, -0.2) is 0 Å². The van der Waals surface area contributed by atoms with E-state index in [0.29, 0.717) is 18.0 Å². The summed E-state index contributed by atoms with van der Waals surface area (Å²) in [6.07, 6.45) is 9.52. The van der Waals surface area contributed by atoms with E-state index < -0.39 is 0 Å². The molecule has 4 fully saturated rings. The Bertz CT molecular complexity index is 615. The summed E-state index contributed by atoms with van der Waals surface area (Å²) in [5, 5.41) is 0. The van der Waals surface area contributed by atoms with Crippen molar-refractivity contribution in [3.05, 3.63) is 12.2 Å². The first-order chi connectivity index (χ1) is 11.1. The molecule has 4 heteroatoms. The van der Waals surface area contributed by atoms with Gasteiger partial charge in [0.25, 0.3) is 0 Å². The van der Waals surface area contributed by atoms with E-state index in [-0.39, 0.29) is 53.5 Å². The largest absolute Gasteiger partial charge is 0.462 e. The Morgan fingerprint density at radius 3 is 2.48 bits per heavy atom. The SMILES string of the molecule is O=C(CC1CC2C(=O)C1C1C3C=CC(C3=O)C21)OC1CCCC1. The molecular weight excluding hydrogens is 292 g/mol. The molecule has 5 aliphatic carbocycles. The van der Waals surface area contributed by atoms with Crippen LogP contribution in [0.2, 0.25) is 0 Å². The smallest absolute Gasteiger partial charge is 0.306 e. The molecular formula is C19H22O4. The quantitative estimate of drug-likeness (QED) is 0.456. The van der Waals surface area contributed by atoms with Crippen molar-refractivity contribution >= 4 is 17.5 Å². The number of allylic oxidation sites excluding steroid dienone is 2. The Morgan fingerprint density at radius 1 is 1.04 bits per heavy atom. The predicted octanol–water partition coefficient (Wildman–Crippen LogP) is 2.31. The lowest BCUT2D eigenvalue weighted by Crippen LogP contribution is -2.32. The fourth-order valence-electron chi connectivity index (χ4n) is 6.33. The normalized spacial score (nSPS) is 46.9. The summed E-state index contributed by atoms with van der Waals surface area (Å²) in [6, 6.07) is 0. The highest BCUT2D eigenvalue weighted by Crippen LogP contribution is 2.64. The average Bonchev–Trinajstić information content (AvgIpc) is 3.30. The summed E-state index contributed by atoms with van der Waals surface area (Å²) in [5.41, 5.74) is 0. The molecule has 0 N–H and O–H groups in total. The minimum absolute atomic E-state index is 0.0122. The van der Waals surface area contributed by atoms with Gasteiger partial charge >= 0.3 is 5.97 Å². The molecule has 23 heavy (non-hydrogen) atoms. The van der Waals surface area contributed by atoms with Crippen LogP contribution in [0.5, 0.6) is 0 Å². The topological polar surface area (TPSA) is 60.4 Å². The summed E-state index contributed by atoms with van der Waals surface area (Å²) < 4.78 is 5.58. The Hall–Kier alpha value is -1.45. The standard InChI is InChI=1S/C19H22O4/c20-14(23-10-3-1-2-4-10)8-9-7-13-16-11-5-6-12(18(11)21)17(16)15(9)19(13)22/h5-6,9-13,15-17H,1-4,7-8H2. The van der Waals surface area contributed by atoms with Crippen LogP contribution in [0.15, 0.2) is 12.2 Å². The second-order valence-corrected chi connectivity index (χ2v) is 8.12. The van der Waals surface area contributed by atoms with Crippen LogP contribution in [0.4, 0.5) is 0 Å². The zero-order valence-electron chi connectivity index (χ0n) is 13.1. The molecule has 122 valence electrons. The Labute approximate surface area is 135 Å². The summed E-state index contributed by atoms with van der Waals surface area (Å²) >= 11 is 0. The molecule has 0 aromatic heterocycles. The lowest BCUT2D eigenvalue weighted by Gasteiger charge is -2.33. The van der Waals surface area contributed by atoms with Gasteiger partial charge in [-0.05, 0) is 49.9 Å². The van der Waals surface area contributed by atoms with Crippen LogP contribution >= 0.6 is 0 Å². The number of hydrogen-bond acceptors (Lipinski definition) is 4. The highest BCUT2D eigenvalue weighted by atomic mass is 16.5. The number of ether oxygens (including phenoxy) is 1. The van der Waals surface area contributed by atoms with Gasteiger partial charge in [0.1, 0.15) is 17.7 Å². The minimum Gasteiger partial charge on any atom is -0.462 e. The third-order valence-corrected chi connectivity index (χ3v) is 7.12. The minimum atomic E-state index is -0.135. The van der Waals surface area contributed by atoms with E-state index in [4.69, 9.17) is 4.74 Å². The number of hydrogen-bond donors (Lipinski definition) is 0. The molecule has 0 aromatic rings. The maximum atomic E-state index is 12.7. The molecule has 7 unspecified atom stereocenters. The fraction of sp³-hybridized carbons (Fsp3) is 0.737. The van der Waals surface area contributed by atoms with Crippen molar-refractivity contribution in [3.8, 4) is 0 Å². The van der Waals surface area contributed by atoms with Crippen molar-refractivity contribution in [1.82, 2.24) is 0 Å². The Balaban J connectivity index is 1.31. The number of fused-ring (bicyclic) bond motifs is 9. The number of carbonyl (C=O) groups excluding carboxylic acids is 3. The van der Waals surface area contributed by atoms with E-state index in [0.717, 1.165) is 32.1 Å². The fourth-order valence-corrected chi connectivity index (χ4v) is 6.33. The van der Waals surface area contributed by atoms with Crippen LogP contribution in [0, 0.1) is 41.4 Å². The van der Waals surface area contributed by atoms with Gasteiger partial charge in [0.15, 0.2) is 0 Å². The molecule has 7 atom stereocenters. The first-order valence-corrected chi connectivity index (χ1v) is 9.10. The summed E-state index contributed by atoms with van der Waals surface area (Å²) in [5.74, 6) is 0.870. The van der Waals surface area contributed by atoms with Crippen LogP contribution in [-0.2, 0) is 19.1 Å². The molecule has 0 radical (unpaired) electrons. The molecule has 5 rings (SSSR count). The second kappa shape index (κ2) is 4.78. The van der Waals surface area contributed by atoms with Gasteiger partial charge in [0.2, 0.25) is 0 Å². The Kier molecular flexibility index (Phi) is 2.90. The third-order valence-electron chi connectivity index (χ3n) is 7.12. The van der Waals surface area contributed by atoms with Crippen molar-refractivity contribution < 1.29 is 19.1 Å². The van der Waals surface area contributed by atoms with Crippen molar-refractivity contribution in [2.24, 2.45) is 41.4 Å². The summed E-state index contributed by atoms with van der Waals surface area (Å²) in [7, 11) is 0. The van der Waals surface area contributed by atoms with Gasteiger partial charge in [-0.2, -0.15) is 0 Å². The van der Waals surface area contributed by atoms with Gasteiger partial charge in [0, 0.05) is 30.1 Å². The van der Waals surface area contributed by atoms with Gasteiger partial charge in [-0.3, -0.25) is 14.4 Å². The lowest BCUT2D eigenvalue weighted by molar-refractivity contribution is -0.150. The molecule has 0 aliphatic heterocycles. The third kappa shape index (κ3) is 1.81. The van der Waals surface area contributed by atoms with Crippen LogP contribution in [0.3, 0.4) is 0 Å². The van der Waals surface area contributed by atoms with E-state index >= 15 is 0 Å². The number of ketones is 2. The van der Waals surface area contributed by atoms with Crippen molar-refractivity contribution in [3.63, 3.8) is 0 Å². The number of rotatable bonds is 3. The highest BCUT2D eigenvalue weighted by Gasteiger charge is 2.68. The summed E-state index contributed by atoms with van der Waals surface area (Å²) in [4.78, 5) is 37.2. The van der Waals surface area contributed by atoms with E-state index in [1.807, 2.05) is 12.2 Å². The molecule has 4 saturated carbocycles. The second-order valence-electron chi connectivity index (χ2n) is 8.12. The van der Waals surface area contributed by atoms with E-state index in [9.17, 15) is 14.4 Å². The average molecular weight is 314 g/mol. The maximum Gasteiger partial charge on any atom is 0.306 e. The van der Waals surface area contributed by atoms with Gasteiger partial charge < -0.3 is 4.74 Å². The summed E-state index contributed by atoms with van der Waals surface area (Å²) in [6.45, 7) is 0. The Morgan fingerprint density at radius 2 is 1.74 bits per heavy atom. The van der Waals surface area contributed by atoms with E-state index in [2.05, 4.69) is 0 Å². The van der Waals surface area contributed by atoms with Crippen molar-refractivity contribution in [2.75, 3.05) is 0 Å². The zero-order valence-corrected chi connectivity index (χ0v) is 13.1. The van der Waals surface area contributed by atoms with Gasteiger partial charge in [-0.1, -0.05) is 12.2 Å². The van der Waals surface area contributed by atoms with Crippen LogP contribution in [0.25, 0.3) is 0 Å². The molecule has 5 aliphatic rings. The molecule has 0 amide bonds. The first kappa shape index (κ1) is 13.9. The molecule has 0 aromatic carbocycles. The number of Topliss-reactive ketones (excluding diaryl/α,β-unsaturated/α-hetero) is 2. The molecule has 0 saturated heterocycles. The zero-order chi connectivity index (χ0) is 15.7. The highest BCUT2D eigenvalue weighted by molar-refractivity contribution is 5.99. The van der Waals surface area contributed by atoms with Gasteiger partial charge in [0.05, 0.1) is 0 Å². The van der Waals surface area contributed by atoms with E-state index in [1.54, 1.807) is 0 Å². The van der Waals surface area contributed by atoms with Crippen molar-refractivity contribution in [1.29, 1.82) is 0 Å². The van der Waals surface area contributed by atoms with Gasteiger partial charge in [-0.15, -0.1) is 0 Å². The lowest BCUT2D eigenvalue weighted by atomic mass is 9.69. The number of carbonyl (C=O) groups is 3. The predicted molar refractivity (Wildman–Crippen MR) is 81.2 cm³/mol. The molecule has 0 heterocycles. The number of esters is 1. The maximum absolute atomic E-state index is 12.7. The monoisotopic (exact) mass is 314 g/mol.